The first-order valence-corrected chi connectivity index (χ1v) is 9.88. The molecule has 1 N–H and O–H groups in total. The van der Waals surface area contributed by atoms with Gasteiger partial charge in [-0.25, -0.2) is 0 Å². The van der Waals surface area contributed by atoms with Gasteiger partial charge in [0.1, 0.15) is 0 Å². The Morgan fingerprint density at radius 3 is 2.39 bits per heavy atom. The molecule has 0 spiro atoms. The molecule has 1 aliphatic heterocycles. The number of anilines is 2. The van der Waals surface area contributed by atoms with Crippen molar-refractivity contribution in [3.63, 3.8) is 0 Å². The number of nitrogens with one attached hydrogen (secondary N) is 1. The summed E-state index contributed by atoms with van der Waals surface area (Å²) in [5.41, 5.74) is 3.12. The van der Waals surface area contributed by atoms with Crippen molar-refractivity contribution >= 4 is 23.2 Å². The summed E-state index contributed by atoms with van der Waals surface area (Å²) in [4.78, 5) is 29.4. The topological polar surface area (TPSA) is 52.7 Å². The summed E-state index contributed by atoms with van der Waals surface area (Å²) >= 11 is 0. The van der Waals surface area contributed by atoms with Gasteiger partial charge in [0.25, 0.3) is 5.91 Å². The Morgan fingerprint density at radius 1 is 1.07 bits per heavy atom. The van der Waals surface area contributed by atoms with Gasteiger partial charge in [0.15, 0.2) is 0 Å². The molecule has 1 fully saturated rings. The van der Waals surface area contributed by atoms with E-state index in [0.717, 1.165) is 37.2 Å². The summed E-state index contributed by atoms with van der Waals surface area (Å²) in [5, 5.41) is 2.93. The molecule has 28 heavy (non-hydrogen) atoms. The molecule has 2 aromatic carbocycles. The van der Waals surface area contributed by atoms with E-state index in [1.807, 2.05) is 66.4 Å². The molecule has 0 unspecified atom stereocenters. The maximum atomic E-state index is 13.1. The number of nitrogens with zero attached hydrogens (tertiary/aromatic N) is 2. The fourth-order valence-corrected chi connectivity index (χ4v) is 3.54. The van der Waals surface area contributed by atoms with Gasteiger partial charge in [-0.3, -0.25) is 9.59 Å². The quantitative estimate of drug-likeness (QED) is 0.860. The van der Waals surface area contributed by atoms with Crippen LogP contribution in [0, 0.1) is 5.92 Å². The van der Waals surface area contributed by atoms with Crippen LogP contribution in [0.15, 0.2) is 48.5 Å². The average Bonchev–Trinajstić information content (AvgIpc) is 2.68. The molecular formula is C23H29N3O2. The minimum atomic E-state index is -0.0889. The summed E-state index contributed by atoms with van der Waals surface area (Å²) in [6.07, 6.45) is 2.39. The van der Waals surface area contributed by atoms with E-state index >= 15 is 0 Å². The number of hydrogen-bond acceptors (Lipinski definition) is 3. The predicted molar refractivity (Wildman–Crippen MR) is 114 cm³/mol. The first-order valence-electron chi connectivity index (χ1n) is 9.88. The van der Waals surface area contributed by atoms with Crippen molar-refractivity contribution in [2.24, 2.45) is 5.92 Å². The summed E-state index contributed by atoms with van der Waals surface area (Å²) in [5.74, 6) is 0.615. The molecule has 0 saturated carbocycles. The molecule has 1 saturated heterocycles. The SMILES string of the molecule is CC1CCN(C(=O)c2cc(NC(=O)Cc3ccccc3)ccc2N(C)C)CC1. The second kappa shape index (κ2) is 8.91. The van der Waals surface area contributed by atoms with Gasteiger partial charge < -0.3 is 15.1 Å². The van der Waals surface area contributed by atoms with E-state index < -0.39 is 0 Å². The van der Waals surface area contributed by atoms with E-state index in [0.29, 0.717) is 23.6 Å². The van der Waals surface area contributed by atoms with Crippen LogP contribution in [-0.4, -0.2) is 43.9 Å². The van der Waals surface area contributed by atoms with E-state index in [1.165, 1.54) is 0 Å². The predicted octanol–water partition coefficient (Wildman–Crippen LogP) is 3.81. The second-order valence-electron chi connectivity index (χ2n) is 7.81. The zero-order valence-electron chi connectivity index (χ0n) is 16.9. The number of hydrogen-bond donors (Lipinski definition) is 1. The average molecular weight is 380 g/mol. The minimum Gasteiger partial charge on any atom is -0.377 e. The normalized spacial score (nSPS) is 14.6. The van der Waals surface area contributed by atoms with Crippen LogP contribution in [0.2, 0.25) is 0 Å². The molecule has 0 radical (unpaired) electrons. The van der Waals surface area contributed by atoms with E-state index in [4.69, 9.17) is 0 Å². The van der Waals surface area contributed by atoms with Crippen LogP contribution in [0.3, 0.4) is 0 Å². The summed E-state index contributed by atoms with van der Waals surface area (Å²) in [7, 11) is 3.86. The lowest BCUT2D eigenvalue weighted by Crippen LogP contribution is -2.38. The molecule has 5 heteroatoms. The highest BCUT2D eigenvalue weighted by molar-refractivity contribution is 6.02. The zero-order chi connectivity index (χ0) is 20.1. The summed E-state index contributed by atoms with van der Waals surface area (Å²) in [6.45, 7) is 3.81. The lowest BCUT2D eigenvalue weighted by atomic mass is 9.98. The molecule has 1 aliphatic rings. The molecule has 0 aliphatic carbocycles. The van der Waals surface area contributed by atoms with Crippen LogP contribution in [0.5, 0.6) is 0 Å². The largest absolute Gasteiger partial charge is 0.377 e. The summed E-state index contributed by atoms with van der Waals surface area (Å²) in [6, 6.07) is 15.2. The molecule has 0 atom stereocenters. The van der Waals surface area contributed by atoms with Gasteiger partial charge in [-0.15, -0.1) is 0 Å². The number of piperidine rings is 1. The van der Waals surface area contributed by atoms with Crippen LogP contribution < -0.4 is 10.2 Å². The highest BCUT2D eigenvalue weighted by Crippen LogP contribution is 2.26. The zero-order valence-corrected chi connectivity index (χ0v) is 16.9. The Kier molecular flexibility index (Phi) is 6.34. The van der Waals surface area contributed by atoms with Crippen molar-refractivity contribution in [1.82, 2.24) is 4.90 Å². The van der Waals surface area contributed by atoms with Gasteiger partial charge in [0.2, 0.25) is 5.91 Å². The Hall–Kier alpha value is -2.82. The number of likely N-dealkylation sites (tertiary alicyclic amines) is 1. The van der Waals surface area contributed by atoms with Crippen LogP contribution in [-0.2, 0) is 11.2 Å². The minimum absolute atomic E-state index is 0.0368. The van der Waals surface area contributed by atoms with Gasteiger partial charge >= 0.3 is 0 Å². The van der Waals surface area contributed by atoms with Crippen molar-refractivity contribution in [3.05, 3.63) is 59.7 Å². The molecule has 0 aromatic heterocycles. The van der Waals surface area contributed by atoms with Crippen LogP contribution in [0.1, 0.15) is 35.7 Å². The Labute approximate surface area is 167 Å². The lowest BCUT2D eigenvalue weighted by molar-refractivity contribution is -0.115. The van der Waals surface area contributed by atoms with Gasteiger partial charge in [0.05, 0.1) is 12.0 Å². The first kappa shape index (κ1) is 19.9. The second-order valence-corrected chi connectivity index (χ2v) is 7.81. The third-order valence-electron chi connectivity index (χ3n) is 5.27. The lowest BCUT2D eigenvalue weighted by Gasteiger charge is -2.31. The number of carbonyl (C=O) groups is 2. The Bertz CT molecular complexity index is 825. The molecule has 0 bridgehead atoms. The van der Waals surface area contributed by atoms with Gasteiger partial charge in [-0.1, -0.05) is 37.3 Å². The van der Waals surface area contributed by atoms with E-state index in [2.05, 4.69) is 12.2 Å². The van der Waals surface area contributed by atoms with Crippen LogP contribution in [0.4, 0.5) is 11.4 Å². The first-order chi connectivity index (χ1) is 13.4. The van der Waals surface area contributed by atoms with Crippen LogP contribution in [0.25, 0.3) is 0 Å². The smallest absolute Gasteiger partial charge is 0.256 e. The fraction of sp³-hybridized carbons (Fsp3) is 0.391. The summed E-state index contributed by atoms with van der Waals surface area (Å²) < 4.78 is 0. The van der Waals surface area contributed by atoms with Crippen molar-refractivity contribution in [3.8, 4) is 0 Å². The molecule has 2 aromatic rings. The molecule has 5 nitrogen and oxygen atoms in total. The third-order valence-corrected chi connectivity index (χ3v) is 5.27. The Balaban J connectivity index is 1.77. The molecular weight excluding hydrogens is 350 g/mol. The number of amides is 2. The van der Waals surface area contributed by atoms with Crippen LogP contribution >= 0.6 is 0 Å². The van der Waals surface area contributed by atoms with Gasteiger partial charge in [-0.05, 0) is 42.5 Å². The monoisotopic (exact) mass is 379 g/mol. The standard InChI is InChI=1S/C23H29N3O2/c1-17-11-13-26(14-12-17)23(28)20-16-19(9-10-21(20)25(2)3)24-22(27)15-18-7-5-4-6-8-18/h4-10,16-17H,11-15H2,1-3H3,(H,24,27). The molecule has 1 heterocycles. The highest BCUT2D eigenvalue weighted by atomic mass is 16.2. The number of benzene rings is 2. The van der Waals surface area contributed by atoms with Crippen molar-refractivity contribution < 1.29 is 9.59 Å². The maximum Gasteiger partial charge on any atom is 0.256 e. The van der Waals surface area contributed by atoms with E-state index in [1.54, 1.807) is 6.07 Å². The van der Waals surface area contributed by atoms with Crippen molar-refractivity contribution in [1.29, 1.82) is 0 Å². The van der Waals surface area contributed by atoms with Gasteiger partial charge in [0, 0.05) is 38.6 Å². The number of rotatable bonds is 5. The van der Waals surface area contributed by atoms with Crippen molar-refractivity contribution in [2.75, 3.05) is 37.4 Å². The molecule has 148 valence electrons. The fourth-order valence-electron chi connectivity index (χ4n) is 3.54. The highest BCUT2D eigenvalue weighted by Gasteiger charge is 2.24. The van der Waals surface area contributed by atoms with Gasteiger partial charge in [-0.2, -0.15) is 0 Å². The Morgan fingerprint density at radius 2 is 1.75 bits per heavy atom. The number of carbonyl (C=O) groups excluding carboxylic acids is 2. The van der Waals surface area contributed by atoms with E-state index in [9.17, 15) is 9.59 Å². The van der Waals surface area contributed by atoms with E-state index in [-0.39, 0.29) is 11.8 Å². The molecule has 2 amide bonds. The third kappa shape index (κ3) is 4.91. The van der Waals surface area contributed by atoms with Crippen molar-refractivity contribution in [2.45, 2.75) is 26.2 Å². The molecule has 3 rings (SSSR count). The maximum absolute atomic E-state index is 13.1.